The number of pyridine rings is 1. The minimum Gasteiger partial charge on any atom is -0.451 e. The van der Waals surface area contributed by atoms with Crippen LogP contribution in [0.25, 0.3) is 17.0 Å². The first-order chi connectivity index (χ1) is 12.2. The number of aromatic nitrogens is 3. The van der Waals surface area contributed by atoms with E-state index in [4.69, 9.17) is 4.42 Å². The van der Waals surface area contributed by atoms with E-state index >= 15 is 0 Å². The Labute approximate surface area is 141 Å². The molecule has 4 aromatic rings. The average molecular weight is 336 g/mol. The lowest BCUT2D eigenvalue weighted by atomic mass is 10.2. The summed E-state index contributed by atoms with van der Waals surface area (Å²) in [6, 6.07) is 14.7. The van der Waals surface area contributed by atoms with E-state index in [1.807, 2.05) is 24.4 Å². The lowest BCUT2D eigenvalue weighted by molar-refractivity contribution is 0.0923. The van der Waals surface area contributed by atoms with Crippen LogP contribution < -0.4 is 5.32 Å². The molecule has 25 heavy (non-hydrogen) atoms. The summed E-state index contributed by atoms with van der Waals surface area (Å²) in [7, 11) is 0. The molecular weight excluding hydrogens is 323 g/mol. The topological polar surface area (TPSA) is 72.4 Å². The third kappa shape index (κ3) is 2.99. The zero-order chi connectivity index (χ0) is 17.2. The summed E-state index contributed by atoms with van der Waals surface area (Å²) >= 11 is 0. The summed E-state index contributed by atoms with van der Waals surface area (Å²) in [5.41, 5.74) is 1.41. The molecule has 0 atom stereocenters. The Morgan fingerprint density at radius 1 is 1.08 bits per heavy atom. The van der Waals surface area contributed by atoms with Gasteiger partial charge in [0.05, 0.1) is 6.54 Å². The fourth-order valence-electron chi connectivity index (χ4n) is 2.49. The Hall–Kier alpha value is -3.48. The molecule has 1 aromatic carbocycles. The molecule has 1 amide bonds. The molecule has 4 rings (SSSR count). The third-order valence-corrected chi connectivity index (χ3v) is 3.75. The molecule has 0 unspecified atom stereocenters. The van der Waals surface area contributed by atoms with E-state index in [1.54, 1.807) is 28.7 Å². The van der Waals surface area contributed by atoms with Crippen molar-refractivity contribution >= 4 is 11.6 Å². The minimum absolute atomic E-state index is 0.174. The highest BCUT2D eigenvalue weighted by molar-refractivity contribution is 5.92. The largest absolute Gasteiger partial charge is 0.451 e. The van der Waals surface area contributed by atoms with Crippen molar-refractivity contribution in [1.82, 2.24) is 19.9 Å². The molecule has 3 aromatic heterocycles. The van der Waals surface area contributed by atoms with Crippen LogP contribution in [-0.4, -0.2) is 20.5 Å². The van der Waals surface area contributed by atoms with E-state index in [9.17, 15) is 9.18 Å². The van der Waals surface area contributed by atoms with Gasteiger partial charge in [0.25, 0.3) is 5.91 Å². The second kappa shape index (κ2) is 6.20. The van der Waals surface area contributed by atoms with Crippen molar-refractivity contribution in [2.75, 3.05) is 0 Å². The summed E-state index contributed by atoms with van der Waals surface area (Å²) in [6.07, 6.45) is 1.83. The van der Waals surface area contributed by atoms with Crippen molar-refractivity contribution < 1.29 is 13.6 Å². The lowest BCUT2D eigenvalue weighted by Crippen LogP contribution is -2.23. The number of nitrogens with one attached hydrogen (secondary N) is 1. The van der Waals surface area contributed by atoms with Crippen LogP contribution in [-0.2, 0) is 6.54 Å². The Bertz CT molecular complexity index is 1040. The van der Waals surface area contributed by atoms with Gasteiger partial charge in [-0.1, -0.05) is 6.07 Å². The van der Waals surface area contributed by atoms with Gasteiger partial charge in [-0.25, -0.2) is 4.39 Å². The fourth-order valence-corrected chi connectivity index (χ4v) is 2.49. The van der Waals surface area contributed by atoms with Crippen LogP contribution in [0.15, 0.2) is 65.2 Å². The molecule has 0 saturated heterocycles. The second-order valence-electron chi connectivity index (χ2n) is 5.40. The van der Waals surface area contributed by atoms with Gasteiger partial charge in [-0.15, -0.1) is 10.2 Å². The van der Waals surface area contributed by atoms with Gasteiger partial charge >= 0.3 is 0 Å². The summed E-state index contributed by atoms with van der Waals surface area (Å²) < 4.78 is 20.3. The van der Waals surface area contributed by atoms with E-state index in [0.29, 0.717) is 22.8 Å². The maximum Gasteiger partial charge on any atom is 0.287 e. The molecule has 0 aliphatic rings. The van der Waals surface area contributed by atoms with Crippen LogP contribution in [0.3, 0.4) is 0 Å². The Morgan fingerprint density at radius 3 is 2.76 bits per heavy atom. The van der Waals surface area contributed by atoms with Crippen LogP contribution >= 0.6 is 0 Å². The second-order valence-corrected chi connectivity index (χ2v) is 5.40. The third-order valence-electron chi connectivity index (χ3n) is 3.75. The van der Waals surface area contributed by atoms with E-state index in [-0.39, 0.29) is 24.0 Å². The molecule has 7 heteroatoms. The lowest BCUT2D eigenvalue weighted by Gasteiger charge is -2.02. The highest BCUT2D eigenvalue weighted by Gasteiger charge is 2.13. The summed E-state index contributed by atoms with van der Waals surface area (Å²) in [5, 5.41) is 10.8. The van der Waals surface area contributed by atoms with Crippen molar-refractivity contribution in [3.8, 4) is 11.3 Å². The van der Waals surface area contributed by atoms with Gasteiger partial charge in [0.15, 0.2) is 17.2 Å². The summed E-state index contributed by atoms with van der Waals surface area (Å²) in [6.45, 7) is 0.219. The molecule has 0 aliphatic carbocycles. The average Bonchev–Trinajstić information content (AvgIpc) is 3.28. The smallest absolute Gasteiger partial charge is 0.287 e. The zero-order valence-electron chi connectivity index (χ0n) is 13.0. The Morgan fingerprint density at radius 2 is 1.92 bits per heavy atom. The number of carbonyl (C=O) groups excluding carboxylic acids is 1. The maximum atomic E-state index is 13.0. The zero-order valence-corrected chi connectivity index (χ0v) is 13.0. The quantitative estimate of drug-likeness (QED) is 0.622. The number of halogens is 1. The van der Waals surface area contributed by atoms with Gasteiger partial charge in [0.1, 0.15) is 11.6 Å². The molecule has 0 radical (unpaired) electrons. The standard InChI is InChI=1S/C18H13FN4O2/c19-13-6-4-12(5-7-13)14-8-9-15(25-14)18(24)20-11-17-22-21-16-3-1-2-10-23(16)17/h1-10H,11H2,(H,20,24). The van der Waals surface area contributed by atoms with Gasteiger partial charge in [0.2, 0.25) is 0 Å². The van der Waals surface area contributed by atoms with Crippen LogP contribution in [0.2, 0.25) is 0 Å². The number of amides is 1. The SMILES string of the molecule is O=C(NCc1nnc2ccccn12)c1ccc(-c2ccc(F)cc2)o1. The summed E-state index contributed by atoms with van der Waals surface area (Å²) in [4.78, 5) is 12.3. The predicted octanol–water partition coefficient (Wildman–Crippen LogP) is 3.06. The number of hydrogen-bond donors (Lipinski definition) is 1. The number of hydrogen-bond acceptors (Lipinski definition) is 4. The molecule has 124 valence electrons. The van der Waals surface area contributed by atoms with E-state index in [2.05, 4.69) is 15.5 Å². The molecule has 6 nitrogen and oxygen atoms in total. The van der Waals surface area contributed by atoms with Gasteiger partial charge in [0, 0.05) is 11.8 Å². The van der Waals surface area contributed by atoms with Crippen LogP contribution in [0.1, 0.15) is 16.4 Å². The van der Waals surface area contributed by atoms with Crippen molar-refractivity contribution in [3.05, 3.63) is 78.2 Å². The van der Waals surface area contributed by atoms with E-state index < -0.39 is 0 Å². The van der Waals surface area contributed by atoms with Crippen LogP contribution in [0.5, 0.6) is 0 Å². The van der Waals surface area contributed by atoms with Crippen molar-refractivity contribution in [1.29, 1.82) is 0 Å². The van der Waals surface area contributed by atoms with Crippen molar-refractivity contribution in [3.63, 3.8) is 0 Å². The van der Waals surface area contributed by atoms with Gasteiger partial charge in [-0.2, -0.15) is 0 Å². The first-order valence-electron chi connectivity index (χ1n) is 7.63. The first-order valence-corrected chi connectivity index (χ1v) is 7.63. The number of furan rings is 1. The molecule has 0 bridgehead atoms. The molecule has 0 spiro atoms. The van der Waals surface area contributed by atoms with Gasteiger partial charge in [-0.3, -0.25) is 9.20 Å². The number of fused-ring (bicyclic) bond motifs is 1. The number of rotatable bonds is 4. The normalized spacial score (nSPS) is 10.9. The molecule has 0 fully saturated rings. The number of nitrogens with zero attached hydrogens (tertiary/aromatic N) is 3. The molecule has 0 saturated carbocycles. The summed E-state index contributed by atoms with van der Waals surface area (Å²) in [5.74, 6) is 0.607. The van der Waals surface area contributed by atoms with Gasteiger partial charge in [-0.05, 0) is 48.5 Å². The Balaban J connectivity index is 1.47. The highest BCUT2D eigenvalue weighted by Crippen LogP contribution is 2.22. The monoisotopic (exact) mass is 336 g/mol. The fraction of sp³-hybridized carbons (Fsp3) is 0.0556. The van der Waals surface area contributed by atoms with E-state index in [1.165, 1.54) is 12.1 Å². The van der Waals surface area contributed by atoms with Crippen LogP contribution in [0, 0.1) is 5.82 Å². The molecule has 3 heterocycles. The number of benzene rings is 1. The Kier molecular flexibility index (Phi) is 3.74. The van der Waals surface area contributed by atoms with Crippen molar-refractivity contribution in [2.45, 2.75) is 6.54 Å². The predicted molar refractivity (Wildman–Crippen MR) is 88.3 cm³/mol. The highest BCUT2D eigenvalue weighted by atomic mass is 19.1. The van der Waals surface area contributed by atoms with Crippen molar-refractivity contribution in [2.24, 2.45) is 0 Å². The minimum atomic E-state index is -0.360. The molecule has 1 N–H and O–H groups in total. The maximum absolute atomic E-state index is 13.0. The molecule has 0 aliphatic heterocycles. The number of carbonyl (C=O) groups is 1. The van der Waals surface area contributed by atoms with Crippen LogP contribution in [0.4, 0.5) is 4.39 Å². The van der Waals surface area contributed by atoms with E-state index in [0.717, 1.165) is 0 Å². The molecular formula is C18H13FN4O2. The van der Waals surface area contributed by atoms with Gasteiger partial charge < -0.3 is 9.73 Å². The first kappa shape index (κ1) is 15.1.